The van der Waals surface area contributed by atoms with Gasteiger partial charge in [-0.15, -0.1) is 0 Å². The first-order valence-corrected chi connectivity index (χ1v) is 12.0. The lowest BCUT2D eigenvalue weighted by atomic mass is 9.80. The van der Waals surface area contributed by atoms with Gasteiger partial charge in [0.05, 0.1) is 22.8 Å². The van der Waals surface area contributed by atoms with E-state index in [9.17, 15) is 0 Å². The maximum Gasteiger partial charge on any atom is 0.120 e. The predicted molar refractivity (Wildman–Crippen MR) is 125 cm³/mol. The van der Waals surface area contributed by atoms with Gasteiger partial charge >= 0.3 is 0 Å². The Balaban J connectivity index is 1.57. The van der Waals surface area contributed by atoms with Crippen LogP contribution in [-0.4, -0.2) is 23.0 Å². The smallest absolute Gasteiger partial charge is 0.120 e. The molecule has 1 N–H and O–H groups in total. The van der Waals surface area contributed by atoms with E-state index < -0.39 is 0 Å². The second kappa shape index (κ2) is 9.82. The Morgan fingerprint density at radius 1 is 1.20 bits per heavy atom. The molecule has 2 unspecified atom stereocenters. The Morgan fingerprint density at radius 3 is 2.87 bits per heavy atom. The molecule has 1 aromatic rings. The van der Waals surface area contributed by atoms with Crippen LogP contribution in [-0.2, 0) is 11.8 Å². The molecule has 1 aliphatic carbocycles. The summed E-state index contributed by atoms with van der Waals surface area (Å²) in [6.45, 7) is 5.20. The molecule has 30 heavy (non-hydrogen) atoms. The van der Waals surface area contributed by atoms with Crippen molar-refractivity contribution < 1.29 is 4.74 Å². The average molecular weight is 408 g/mol. The van der Waals surface area contributed by atoms with Crippen LogP contribution in [0.3, 0.4) is 0 Å². The van der Waals surface area contributed by atoms with Crippen molar-refractivity contribution in [2.24, 2.45) is 18.0 Å². The van der Waals surface area contributed by atoms with Gasteiger partial charge in [0.25, 0.3) is 0 Å². The molecule has 2 atom stereocenters. The van der Waals surface area contributed by atoms with Crippen molar-refractivity contribution in [3.8, 4) is 0 Å². The summed E-state index contributed by atoms with van der Waals surface area (Å²) in [5, 5.41) is 3.66. The minimum absolute atomic E-state index is 0.0470. The molecule has 0 saturated heterocycles. The number of aryl methyl sites for hydroxylation is 1. The molecule has 0 bridgehead atoms. The lowest BCUT2D eigenvalue weighted by Crippen LogP contribution is -2.18. The Kier molecular flexibility index (Phi) is 6.93. The fourth-order valence-electron chi connectivity index (χ4n) is 4.92. The summed E-state index contributed by atoms with van der Waals surface area (Å²) in [6.07, 6.45) is 18.0. The number of nitrogens with zero attached hydrogens (tertiary/aromatic N) is 2. The van der Waals surface area contributed by atoms with Crippen LogP contribution in [0.2, 0.25) is 0 Å². The first-order valence-electron chi connectivity index (χ1n) is 12.0. The summed E-state index contributed by atoms with van der Waals surface area (Å²) in [5.74, 6) is 0.684. The zero-order valence-corrected chi connectivity index (χ0v) is 18.9. The number of ether oxygens (including phenoxy) is 1. The van der Waals surface area contributed by atoms with E-state index >= 15 is 0 Å². The van der Waals surface area contributed by atoms with Crippen LogP contribution in [0, 0.1) is 5.92 Å². The lowest BCUT2D eigenvalue weighted by molar-refractivity contribution is 0.109. The average Bonchev–Trinajstić information content (AvgIpc) is 3.47. The van der Waals surface area contributed by atoms with E-state index in [4.69, 9.17) is 9.73 Å². The molecule has 0 amide bonds. The molecule has 4 heteroatoms. The number of rotatable bonds is 9. The van der Waals surface area contributed by atoms with E-state index in [2.05, 4.69) is 61.3 Å². The molecule has 0 spiro atoms. The quantitative estimate of drug-likeness (QED) is 0.500. The molecule has 0 aromatic carbocycles. The van der Waals surface area contributed by atoms with Crippen LogP contribution in [0.1, 0.15) is 77.3 Å². The van der Waals surface area contributed by atoms with Gasteiger partial charge in [-0.3, -0.25) is 4.99 Å². The minimum Gasteiger partial charge on any atom is -0.368 e. The Labute approximate surface area is 181 Å². The van der Waals surface area contributed by atoms with Gasteiger partial charge < -0.3 is 14.6 Å². The molecule has 162 valence electrons. The maximum absolute atomic E-state index is 6.21. The van der Waals surface area contributed by atoms with E-state index in [1.165, 1.54) is 61.9 Å². The van der Waals surface area contributed by atoms with E-state index in [-0.39, 0.29) is 6.10 Å². The van der Waals surface area contributed by atoms with Gasteiger partial charge in [-0.1, -0.05) is 39.5 Å². The van der Waals surface area contributed by atoms with Crippen molar-refractivity contribution >= 4 is 11.4 Å². The predicted octanol–water partition coefficient (Wildman–Crippen LogP) is 6.13. The monoisotopic (exact) mass is 407 g/mol. The third-order valence-electron chi connectivity index (χ3n) is 6.56. The van der Waals surface area contributed by atoms with Crippen LogP contribution in [0.4, 0.5) is 0 Å². The van der Waals surface area contributed by atoms with E-state index in [0.717, 1.165) is 36.5 Å². The van der Waals surface area contributed by atoms with Crippen molar-refractivity contribution in [3.63, 3.8) is 0 Å². The molecule has 0 radical (unpaired) electrons. The Morgan fingerprint density at radius 2 is 2.10 bits per heavy atom. The highest BCUT2D eigenvalue weighted by atomic mass is 16.5. The second-order valence-electron chi connectivity index (χ2n) is 8.90. The molecule has 3 heterocycles. The number of aromatic nitrogens is 1. The van der Waals surface area contributed by atoms with E-state index in [0.29, 0.717) is 5.92 Å². The number of nitrogens with one attached hydrogen (secondary N) is 1. The Hall–Kier alpha value is -2.07. The molecular weight excluding hydrogens is 370 g/mol. The first kappa shape index (κ1) is 21.2. The summed E-state index contributed by atoms with van der Waals surface area (Å²) in [5.41, 5.74) is 7.33. The van der Waals surface area contributed by atoms with Gasteiger partial charge in [0.15, 0.2) is 0 Å². The minimum atomic E-state index is -0.0470. The van der Waals surface area contributed by atoms with Crippen LogP contribution in [0.15, 0.2) is 52.4 Å². The zero-order chi connectivity index (χ0) is 20.9. The van der Waals surface area contributed by atoms with Crippen LogP contribution >= 0.6 is 0 Å². The van der Waals surface area contributed by atoms with E-state index in [1.807, 2.05) is 0 Å². The van der Waals surface area contributed by atoms with Crippen molar-refractivity contribution in [2.75, 3.05) is 6.61 Å². The summed E-state index contributed by atoms with van der Waals surface area (Å²) in [4.78, 5) is 5.10. The molecule has 4 rings (SSSR count). The van der Waals surface area contributed by atoms with Gasteiger partial charge in [0, 0.05) is 25.6 Å². The number of fused-ring (bicyclic) bond motifs is 1. The van der Waals surface area contributed by atoms with E-state index in [1.54, 1.807) is 0 Å². The zero-order valence-electron chi connectivity index (χ0n) is 18.9. The number of hydrogen-bond donors (Lipinski definition) is 1. The molecule has 1 saturated carbocycles. The molecule has 1 fully saturated rings. The second-order valence-corrected chi connectivity index (χ2v) is 8.90. The topological polar surface area (TPSA) is 38.5 Å². The maximum atomic E-state index is 6.21. The summed E-state index contributed by atoms with van der Waals surface area (Å²) in [7, 11) is 2.08. The molecule has 3 aliphatic rings. The van der Waals surface area contributed by atoms with Crippen LogP contribution in [0.25, 0.3) is 5.70 Å². The van der Waals surface area contributed by atoms with Gasteiger partial charge in [-0.05, 0) is 67.9 Å². The van der Waals surface area contributed by atoms with Crippen LogP contribution in [0.5, 0.6) is 0 Å². The molecular formula is C26H37N3O. The van der Waals surface area contributed by atoms with Crippen molar-refractivity contribution in [1.82, 2.24) is 9.88 Å². The van der Waals surface area contributed by atoms with Crippen LogP contribution < -0.4 is 5.32 Å². The van der Waals surface area contributed by atoms with Gasteiger partial charge in [-0.2, -0.15) is 0 Å². The number of hydrogen-bond acceptors (Lipinski definition) is 3. The standard InChI is InChI=1S/C26H37N3O/c1-4-6-7-8-11-19-12-9-13-21-20(19)17-23(27-21)26-25(30-16-5-2)18-22(28-26)24-14-10-15-29(24)3/h10,14-15,17-19,25,28H,4-9,11-13,16H2,1-3H3. The van der Waals surface area contributed by atoms with Gasteiger partial charge in [0.1, 0.15) is 6.10 Å². The lowest BCUT2D eigenvalue weighted by Gasteiger charge is -2.24. The highest BCUT2D eigenvalue weighted by Gasteiger charge is 2.32. The largest absolute Gasteiger partial charge is 0.368 e. The van der Waals surface area contributed by atoms with Crippen molar-refractivity contribution in [2.45, 2.75) is 77.7 Å². The number of aliphatic imine (C=N–C) groups is 1. The molecule has 1 aromatic heterocycles. The van der Waals surface area contributed by atoms with Gasteiger partial charge in [0.2, 0.25) is 0 Å². The highest BCUT2D eigenvalue weighted by molar-refractivity contribution is 6.04. The highest BCUT2D eigenvalue weighted by Crippen LogP contribution is 2.38. The van der Waals surface area contributed by atoms with Crippen molar-refractivity contribution in [1.29, 1.82) is 0 Å². The summed E-state index contributed by atoms with van der Waals surface area (Å²) >= 11 is 0. The molecule has 2 aliphatic heterocycles. The summed E-state index contributed by atoms with van der Waals surface area (Å²) in [6, 6.07) is 4.23. The first-order chi connectivity index (χ1) is 14.7. The third-order valence-corrected chi connectivity index (χ3v) is 6.56. The van der Waals surface area contributed by atoms with Crippen molar-refractivity contribution in [3.05, 3.63) is 53.1 Å². The normalized spacial score (nSPS) is 25.6. The summed E-state index contributed by atoms with van der Waals surface area (Å²) < 4.78 is 8.36. The number of unbranched alkanes of at least 4 members (excludes halogenated alkanes) is 3. The fraction of sp³-hybridized carbons (Fsp3) is 0.577. The fourth-order valence-corrected chi connectivity index (χ4v) is 4.92. The SMILES string of the molecule is CCCCCCC1CCCC2=NC(=C3NC(c4cccn4C)=CC3OCCC)C=C21. The van der Waals surface area contributed by atoms with Gasteiger partial charge in [-0.25, -0.2) is 0 Å². The molecule has 4 nitrogen and oxygen atoms in total. The number of allylic oxidation sites excluding steroid dienone is 2. The third kappa shape index (κ3) is 4.49. The Bertz CT molecular complexity index is 871.